The molecule has 2 heterocycles. The number of carbonyl (C=O) groups excluding carboxylic acids is 1. The van der Waals surface area contributed by atoms with Crippen molar-refractivity contribution in [2.75, 3.05) is 19.3 Å². The molecule has 0 aliphatic carbocycles. The fraction of sp³-hybridized carbons (Fsp3) is 0.529. The third kappa shape index (κ3) is 3.38. The lowest BCUT2D eigenvalue weighted by Crippen LogP contribution is -2.55. The van der Waals surface area contributed by atoms with E-state index in [0.29, 0.717) is 12.8 Å². The van der Waals surface area contributed by atoms with Crippen LogP contribution in [0.25, 0.3) is 0 Å². The van der Waals surface area contributed by atoms with E-state index in [1.54, 1.807) is 11.8 Å². The first-order valence-corrected chi connectivity index (χ1v) is 9.14. The number of carbonyl (C=O) groups is 2. The number of thioether (sulfide) groups is 1. The van der Waals surface area contributed by atoms with Gasteiger partial charge < -0.3 is 10.4 Å². The van der Waals surface area contributed by atoms with E-state index in [2.05, 4.69) is 40.7 Å². The summed E-state index contributed by atoms with van der Waals surface area (Å²) in [5, 5.41) is 12.4. The standard InChI is InChI=1S/C17H22N2O3S/c1-23-13-4-2-3-12(9-13)11-19-7-5-17(6-8-19)14(16(21)22)10-15(20)18-17/h2-4,9,14H,5-8,10-11H2,1H3,(H,18,20)(H,21,22)/t14-/m0/s1. The zero-order valence-corrected chi connectivity index (χ0v) is 14.1. The molecule has 1 spiro atoms. The molecule has 2 aliphatic rings. The van der Waals surface area contributed by atoms with Gasteiger partial charge in [-0.25, -0.2) is 0 Å². The van der Waals surface area contributed by atoms with Gasteiger partial charge in [-0.3, -0.25) is 14.5 Å². The molecule has 0 unspecified atom stereocenters. The van der Waals surface area contributed by atoms with Crippen molar-refractivity contribution in [1.29, 1.82) is 0 Å². The monoisotopic (exact) mass is 334 g/mol. The van der Waals surface area contributed by atoms with Crippen LogP contribution in [0, 0.1) is 5.92 Å². The largest absolute Gasteiger partial charge is 0.481 e. The minimum atomic E-state index is -0.857. The number of rotatable bonds is 4. The van der Waals surface area contributed by atoms with E-state index < -0.39 is 17.4 Å². The van der Waals surface area contributed by atoms with Crippen molar-refractivity contribution in [2.45, 2.75) is 36.2 Å². The molecular formula is C17H22N2O3S. The van der Waals surface area contributed by atoms with Gasteiger partial charge in [0.1, 0.15) is 0 Å². The lowest BCUT2D eigenvalue weighted by atomic mass is 9.77. The minimum Gasteiger partial charge on any atom is -0.481 e. The normalized spacial score (nSPS) is 23.9. The number of likely N-dealkylation sites (tertiary alicyclic amines) is 1. The molecule has 1 aromatic carbocycles. The molecule has 2 N–H and O–H groups in total. The van der Waals surface area contributed by atoms with Crippen LogP contribution in [-0.2, 0) is 16.1 Å². The Morgan fingerprint density at radius 2 is 2.17 bits per heavy atom. The predicted molar refractivity (Wildman–Crippen MR) is 89.4 cm³/mol. The number of aliphatic carboxylic acids is 1. The van der Waals surface area contributed by atoms with Crippen molar-refractivity contribution in [2.24, 2.45) is 5.92 Å². The first-order chi connectivity index (χ1) is 11.0. The summed E-state index contributed by atoms with van der Waals surface area (Å²) in [6.45, 7) is 2.50. The van der Waals surface area contributed by atoms with Crippen LogP contribution < -0.4 is 5.32 Å². The van der Waals surface area contributed by atoms with Gasteiger partial charge in [-0.15, -0.1) is 11.8 Å². The Hall–Kier alpha value is -1.53. The lowest BCUT2D eigenvalue weighted by molar-refractivity contribution is -0.144. The summed E-state index contributed by atoms with van der Waals surface area (Å²) in [6.07, 6.45) is 3.60. The minimum absolute atomic E-state index is 0.116. The van der Waals surface area contributed by atoms with E-state index in [4.69, 9.17) is 0 Å². The predicted octanol–water partition coefficient (Wildman–Crippen LogP) is 1.96. The second kappa shape index (κ2) is 6.53. The zero-order chi connectivity index (χ0) is 16.4. The molecule has 23 heavy (non-hydrogen) atoms. The van der Waals surface area contributed by atoms with Gasteiger partial charge in [-0.1, -0.05) is 12.1 Å². The quantitative estimate of drug-likeness (QED) is 0.824. The van der Waals surface area contributed by atoms with Gasteiger partial charge in [0.25, 0.3) is 0 Å². The maximum atomic E-state index is 11.7. The summed E-state index contributed by atoms with van der Waals surface area (Å²) in [5.41, 5.74) is 0.735. The van der Waals surface area contributed by atoms with E-state index in [-0.39, 0.29) is 12.3 Å². The van der Waals surface area contributed by atoms with Gasteiger partial charge >= 0.3 is 5.97 Å². The van der Waals surface area contributed by atoms with E-state index >= 15 is 0 Å². The van der Waals surface area contributed by atoms with Crippen LogP contribution >= 0.6 is 11.8 Å². The maximum Gasteiger partial charge on any atom is 0.309 e. The zero-order valence-electron chi connectivity index (χ0n) is 13.2. The topological polar surface area (TPSA) is 69.6 Å². The van der Waals surface area contributed by atoms with Crippen molar-refractivity contribution in [1.82, 2.24) is 10.2 Å². The molecule has 3 rings (SSSR count). The molecule has 2 fully saturated rings. The van der Waals surface area contributed by atoms with Crippen LogP contribution in [0.3, 0.4) is 0 Å². The number of hydrogen-bond donors (Lipinski definition) is 2. The molecule has 1 aromatic rings. The summed E-state index contributed by atoms with van der Waals surface area (Å²) < 4.78 is 0. The summed E-state index contributed by atoms with van der Waals surface area (Å²) >= 11 is 1.73. The van der Waals surface area contributed by atoms with E-state index in [1.165, 1.54) is 10.5 Å². The highest BCUT2D eigenvalue weighted by molar-refractivity contribution is 7.98. The number of nitrogens with zero attached hydrogens (tertiary/aromatic N) is 1. The number of hydrogen-bond acceptors (Lipinski definition) is 4. The van der Waals surface area contributed by atoms with E-state index in [1.807, 2.05) is 0 Å². The molecule has 0 bridgehead atoms. The molecule has 0 aromatic heterocycles. The fourth-order valence-corrected chi connectivity index (χ4v) is 4.22. The van der Waals surface area contributed by atoms with Gasteiger partial charge in [-0.05, 0) is 36.8 Å². The molecule has 2 aliphatic heterocycles. The Labute approximate surface area is 140 Å². The summed E-state index contributed by atoms with van der Waals surface area (Å²) in [7, 11) is 0. The molecule has 0 saturated carbocycles. The van der Waals surface area contributed by atoms with Crippen molar-refractivity contribution in [3.05, 3.63) is 29.8 Å². The fourth-order valence-electron chi connectivity index (χ4n) is 3.73. The highest BCUT2D eigenvalue weighted by Crippen LogP contribution is 2.37. The van der Waals surface area contributed by atoms with E-state index in [9.17, 15) is 14.7 Å². The molecule has 5 nitrogen and oxygen atoms in total. The number of carboxylic acid groups (broad SMARTS) is 1. The van der Waals surface area contributed by atoms with Crippen LogP contribution in [0.1, 0.15) is 24.8 Å². The van der Waals surface area contributed by atoms with Gasteiger partial charge in [-0.2, -0.15) is 0 Å². The lowest BCUT2D eigenvalue weighted by Gasteiger charge is -2.41. The first-order valence-electron chi connectivity index (χ1n) is 7.91. The van der Waals surface area contributed by atoms with Gasteiger partial charge in [0.15, 0.2) is 0 Å². The Morgan fingerprint density at radius 1 is 1.43 bits per heavy atom. The van der Waals surface area contributed by atoms with E-state index in [0.717, 1.165) is 19.6 Å². The summed E-state index contributed by atoms with van der Waals surface area (Å²) in [6, 6.07) is 8.50. The number of benzene rings is 1. The number of piperidine rings is 1. The number of nitrogens with one attached hydrogen (secondary N) is 1. The molecule has 1 atom stereocenters. The number of amides is 1. The Morgan fingerprint density at radius 3 is 2.83 bits per heavy atom. The van der Waals surface area contributed by atoms with Crippen molar-refractivity contribution in [3.8, 4) is 0 Å². The third-order valence-electron chi connectivity index (χ3n) is 5.03. The number of carboxylic acids is 1. The highest BCUT2D eigenvalue weighted by atomic mass is 32.2. The van der Waals surface area contributed by atoms with Crippen molar-refractivity contribution < 1.29 is 14.7 Å². The molecule has 6 heteroatoms. The Kier molecular flexibility index (Phi) is 4.64. The molecule has 2 saturated heterocycles. The van der Waals surface area contributed by atoms with Crippen LogP contribution in [0.15, 0.2) is 29.2 Å². The summed E-state index contributed by atoms with van der Waals surface area (Å²) in [4.78, 5) is 26.7. The van der Waals surface area contributed by atoms with Crippen LogP contribution in [-0.4, -0.2) is 46.8 Å². The van der Waals surface area contributed by atoms with Gasteiger partial charge in [0.05, 0.1) is 11.5 Å². The van der Waals surface area contributed by atoms with Crippen LogP contribution in [0.5, 0.6) is 0 Å². The van der Waals surface area contributed by atoms with Crippen LogP contribution in [0.2, 0.25) is 0 Å². The van der Waals surface area contributed by atoms with Crippen molar-refractivity contribution >= 4 is 23.6 Å². The SMILES string of the molecule is CSc1cccc(CN2CCC3(CC2)NC(=O)C[C@H]3C(=O)O)c1. The molecule has 0 radical (unpaired) electrons. The average Bonchev–Trinajstić information content (AvgIpc) is 2.86. The second-order valence-corrected chi connectivity index (χ2v) is 7.31. The van der Waals surface area contributed by atoms with Crippen LogP contribution in [0.4, 0.5) is 0 Å². The molecule has 1 amide bonds. The first kappa shape index (κ1) is 16.3. The third-order valence-corrected chi connectivity index (χ3v) is 5.76. The highest BCUT2D eigenvalue weighted by Gasteiger charge is 2.51. The smallest absolute Gasteiger partial charge is 0.309 e. The molecule has 124 valence electrons. The Bertz CT molecular complexity index is 612. The molecular weight excluding hydrogens is 312 g/mol. The van der Waals surface area contributed by atoms with Crippen molar-refractivity contribution in [3.63, 3.8) is 0 Å². The van der Waals surface area contributed by atoms with Gasteiger partial charge in [0.2, 0.25) is 5.91 Å². The average molecular weight is 334 g/mol. The Balaban J connectivity index is 1.64. The maximum absolute atomic E-state index is 11.7. The van der Waals surface area contributed by atoms with Gasteiger partial charge in [0, 0.05) is 31.0 Å². The second-order valence-electron chi connectivity index (χ2n) is 6.43. The summed E-state index contributed by atoms with van der Waals surface area (Å²) in [5.74, 6) is -1.57.